The summed E-state index contributed by atoms with van der Waals surface area (Å²) >= 11 is 0. The number of nitrogens with zero attached hydrogens (tertiary/aromatic N) is 4. The van der Waals surface area contributed by atoms with Crippen molar-refractivity contribution in [1.29, 1.82) is 0 Å². The molecule has 108 valence electrons. The van der Waals surface area contributed by atoms with Gasteiger partial charge in [0.25, 0.3) is 0 Å². The van der Waals surface area contributed by atoms with Crippen LogP contribution in [-0.4, -0.2) is 27.7 Å². The van der Waals surface area contributed by atoms with Crippen molar-refractivity contribution in [3.05, 3.63) is 54.6 Å². The van der Waals surface area contributed by atoms with E-state index in [1.165, 1.54) is 12.1 Å². The Kier molecular flexibility index (Phi) is 3.79. The maximum atomic E-state index is 13.5. The van der Waals surface area contributed by atoms with Crippen LogP contribution in [0.4, 0.5) is 15.9 Å². The number of halogens is 1. The van der Waals surface area contributed by atoms with Gasteiger partial charge in [0.2, 0.25) is 0 Å². The Morgan fingerprint density at radius 1 is 1.24 bits per heavy atom. The smallest absolute Gasteiger partial charge is 0.157 e. The second kappa shape index (κ2) is 5.88. The first kappa shape index (κ1) is 13.5. The standard InChI is InChI=1S/C15H16FN5/c16-12-3-1-4-13(11-12)20(9-2-7-17)14-6-10-21-15(19-14)5-8-18-21/h1,3-6,8,10-11H,2,7,9,17H2. The van der Waals surface area contributed by atoms with Crippen molar-refractivity contribution in [1.82, 2.24) is 14.6 Å². The Labute approximate surface area is 121 Å². The Hall–Kier alpha value is -2.47. The van der Waals surface area contributed by atoms with Crippen LogP contribution in [0.2, 0.25) is 0 Å². The minimum atomic E-state index is -0.268. The first-order valence-corrected chi connectivity index (χ1v) is 6.81. The maximum absolute atomic E-state index is 13.5. The van der Waals surface area contributed by atoms with Gasteiger partial charge in [-0.1, -0.05) is 6.07 Å². The van der Waals surface area contributed by atoms with Crippen molar-refractivity contribution in [2.45, 2.75) is 6.42 Å². The first-order chi connectivity index (χ1) is 10.3. The van der Waals surface area contributed by atoms with Gasteiger partial charge >= 0.3 is 0 Å². The predicted octanol–water partition coefficient (Wildman–Crippen LogP) is 2.36. The van der Waals surface area contributed by atoms with Gasteiger partial charge in [-0.05, 0) is 37.2 Å². The summed E-state index contributed by atoms with van der Waals surface area (Å²) in [6, 6.07) is 10.2. The molecule has 0 saturated heterocycles. The summed E-state index contributed by atoms with van der Waals surface area (Å²) in [5.41, 5.74) is 7.12. The summed E-state index contributed by atoms with van der Waals surface area (Å²) in [7, 11) is 0. The number of aromatic nitrogens is 3. The highest BCUT2D eigenvalue weighted by Crippen LogP contribution is 2.24. The number of hydrogen-bond donors (Lipinski definition) is 1. The van der Waals surface area contributed by atoms with E-state index in [0.717, 1.165) is 23.6 Å². The molecule has 0 fully saturated rings. The van der Waals surface area contributed by atoms with E-state index >= 15 is 0 Å². The van der Waals surface area contributed by atoms with Gasteiger partial charge in [0.1, 0.15) is 11.6 Å². The first-order valence-electron chi connectivity index (χ1n) is 6.81. The predicted molar refractivity (Wildman–Crippen MR) is 80.1 cm³/mol. The van der Waals surface area contributed by atoms with Crippen molar-refractivity contribution in [2.75, 3.05) is 18.0 Å². The molecule has 0 aliphatic heterocycles. The van der Waals surface area contributed by atoms with Crippen molar-refractivity contribution in [3.63, 3.8) is 0 Å². The third-order valence-electron chi connectivity index (χ3n) is 3.23. The van der Waals surface area contributed by atoms with Gasteiger partial charge in [0.15, 0.2) is 5.65 Å². The summed E-state index contributed by atoms with van der Waals surface area (Å²) in [4.78, 5) is 6.52. The van der Waals surface area contributed by atoms with Gasteiger partial charge in [0, 0.05) is 24.5 Å². The number of benzene rings is 1. The monoisotopic (exact) mass is 285 g/mol. The zero-order valence-corrected chi connectivity index (χ0v) is 11.5. The highest BCUT2D eigenvalue weighted by molar-refractivity contribution is 5.61. The normalized spacial score (nSPS) is 11.0. The van der Waals surface area contributed by atoms with Crippen molar-refractivity contribution in [2.24, 2.45) is 5.73 Å². The fourth-order valence-electron chi connectivity index (χ4n) is 2.22. The van der Waals surface area contributed by atoms with Gasteiger partial charge in [0.05, 0.1) is 6.20 Å². The molecule has 3 rings (SSSR count). The second-order valence-corrected chi connectivity index (χ2v) is 4.69. The molecule has 0 atom stereocenters. The number of fused-ring (bicyclic) bond motifs is 1. The molecule has 5 nitrogen and oxygen atoms in total. The minimum Gasteiger partial charge on any atom is -0.330 e. The molecule has 2 heterocycles. The summed E-state index contributed by atoms with van der Waals surface area (Å²) in [5, 5.41) is 4.12. The molecule has 2 aromatic heterocycles. The van der Waals surface area contributed by atoms with Crippen LogP contribution in [0.25, 0.3) is 5.65 Å². The molecule has 0 saturated carbocycles. The van der Waals surface area contributed by atoms with Crippen LogP contribution in [0.1, 0.15) is 6.42 Å². The van der Waals surface area contributed by atoms with Crippen LogP contribution < -0.4 is 10.6 Å². The van der Waals surface area contributed by atoms with Crippen LogP contribution >= 0.6 is 0 Å². The second-order valence-electron chi connectivity index (χ2n) is 4.69. The third kappa shape index (κ3) is 2.85. The molecule has 0 bridgehead atoms. The van der Waals surface area contributed by atoms with E-state index in [4.69, 9.17) is 5.73 Å². The lowest BCUT2D eigenvalue weighted by Gasteiger charge is -2.23. The Bertz CT molecular complexity index is 740. The lowest BCUT2D eigenvalue weighted by atomic mass is 10.2. The SMILES string of the molecule is NCCCN(c1cccc(F)c1)c1ccn2nccc2n1. The van der Waals surface area contributed by atoms with E-state index in [1.54, 1.807) is 16.8 Å². The van der Waals surface area contributed by atoms with Crippen molar-refractivity contribution < 1.29 is 4.39 Å². The Balaban J connectivity index is 2.01. The van der Waals surface area contributed by atoms with E-state index < -0.39 is 0 Å². The van der Waals surface area contributed by atoms with Gasteiger partial charge in [-0.15, -0.1) is 0 Å². The molecule has 0 aliphatic rings. The van der Waals surface area contributed by atoms with Crippen molar-refractivity contribution >= 4 is 17.2 Å². The average Bonchev–Trinajstić information content (AvgIpc) is 2.95. The maximum Gasteiger partial charge on any atom is 0.157 e. The number of anilines is 2. The lowest BCUT2D eigenvalue weighted by Crippen LogP contribution is -2.22. The number of hydrogen-bond acceptors (Lipinski definition) is 4. The van der Waals surface area contributed by atoms with E-state index in [-0.39, 0.29) is 5.82 Å². The molecule has 0 spiro atoms. The zero-order chi connectivity index (χ0) is 14.7. The quantitative estimate of drug-likeness (QED) is 0.781. The van der Waals surface area contributed by atoms with Crippen LogP contribution in [0.5, 0.6) is 0 Å². The molecule has 0 radical (unpaired) electrons. The number of rotatable bonds is 5. The van der Waals surface area contributed by atoms with Crippen LogP contribution in [-0.2, 0) is 0 Å². The topological polar surface area (TPSA) is 59.5 Å². The highest BCUT2D eigenvalue weighted by atomic mass is 19.1. The summed E-state index contributed by atoms with van der Waals surface area (Å²) in [6.45, 7) is 1.25. The average molecular weight is 285 g/mol. The van der Waals surface area contributed by atoms with E-state index in [9.17, 15) is 4.39 Å². The molecule has 3 aromatic rings. The van der Waals surface area contributed by atoms with Gasteiger partial charge in [-0.25, -0.2) is 13.9 Å². The van der Waals surface area contributed by atoms with Crippen molar-refractivity contribution in [3.8, 4) is 0 Å². The largest absolute Gasteiger partial charge is 0.330 e. The molecular formula is C15H16FN5. The van der Waals surface area contributed by atoms with E-state index in [0.29, 0.717) is 13.1 Å². The molecular weight excluding hydrogens is 269 g/mol. The molecule has 0 unspecified atom stereocenters. The Morgan fingerprint density at radius 3 is 2.95 bits per heavy atom. The summed E-state index contributed by atoms with van der Waals surface area (Å²) < 4.78 is 15.2. The van der Waals surface area contributed by atoms with Crippen LogP contribution in [0.3, 0.4) is 0 Å². The molecule has 6 heteroatoms. The van der Waals surface area contributed by atoms with E-state index in [1.807, 2.05) is 29.3 Å². The fourth-order valence-corrected chi connectivity index (χ4v) is 2.22. The summed E-state index contributed by atoms with van der Waals surface area (Å²) in [5.74, 6) is 0.484. The molecule has 2 N–H and O–H groups in total. The summed E-state index contributed by atoms with van der Waals surface area (Å²) in [6.07, 6.45) is 4.33. The Morgan fingerprint density at radius 2 is 2.14 bits per heavy atom. The van der Waals surface area contributed by atoms with Gasteiger partial charge < -0.3 is 10.6 Å². The lowest BCUT2D eigenvalue weighted by molar-refractivity contribution is 0.627. The fraction of sp³-hybridized carbons (Fsp3) is 0.200. The van der Waals surface area contributed by atoms with Crippen LogP contribution in [0, 0.1) is 5.82 Å². The zero-order valence-electron chi connectivity index (χ0n) is 11.5. The van der Waals surface area contributed by atoms with Gasteiger partial charge in [-0.2, -0.15) is 5.10 Å². The third-order valence-corrected chi connectivity index (χ3v) is 3.23. The molecule has 0 aliphatic carbocycles. The minimum absolute atomic E-state index is 0.268. The number of nitrogens with two attached hydrogens (primary N) is 1. The van der Waals surface area contributed by atoms with Crippen LogP contribution in [0.15, 0.2) is 48.8 Å². The molecule has 1 aromatic carbocycles. The highest BCUT2D eigenvalue weighted by Gasteiger charge is 2.12. The molecule has 21 heavy (non-hydrogen) atoms. The van der Waals surface area contributed by atoms with E-state index in [2.05, 4.69) is 10.1 Å². The van der Waals surface area contributed by atoms with Gasteiger partial charge in [-0.3, -0.25) is 0 Å². The molecule has 0 amide bonds.